The summed E-state index contributed by atoms with van der Waals surface area (Å²) in [6.07, 6.45) is 4.56. The average molecular weight is 513 g/mol. The molecule has 0 bridgehead atoms. The van der Waals surface area contributed by atoms with E-state index in [4.69, 9.17) is 4.74 Å². The molecule has 194 valence electrons. The van der Waals surface area contributed by atoms with Gasteiger partial charge in [0.25, 0.3) is 10.0 Å². The van der Waals surface area contributed by atoms with Crippen LogP contribution < -0.4 is 4.31 Å². The summed E-state index contributed by atoms with van der Waals surface area (Å²) in [7, 11) is -2.43. The monoisotopic (exact) mass is 512 g/mol. The number of fused-ring (bicyclic) bond motifs is 2. The number of esters is 1. The van der Waals surface area contributed by atoms with Gasteiger partial charge in [0.05, 0.1) is 36.2 Å². The minimum atomic E-state index is -3.76. The number of hydrogen-bond donors (Lipinski definition) is 0. The standard InChI is InChI=1S/C26H30N2O5S.C2H6/c1-33-25(30)17-16-24(29)27(18-14-15-18)26-20-10-5-6-12-22(20)28(23-13-7-11-21(23)26)34(31,32)19-8-3-2-4-9-19;1-2/h2-6,8-10,12,18,21,23,26H,7,11,13-17H2,1H3;1-2H3. The minimum absolute atomic E-state index is 0.0102. The van der Waals surface area contributed by atoms with Crippen molar-refractivity contribution in [2.24, 2.45) is 5.92 Å². The van der Waals surface area contributed by atoms with Gasteiger partial charge in [-0.2, -0.15) is 0 Å². The topological polar surface area (TPSA) is 84.0 Å². The SMILES string of the molecule is CC.COC(=O)CCC(=O)N(C1CC1)C1c2ccccc2N(S(=O)(=O)c2ccccc2)C2CCCC12. The molecule has 2 saturated carbocycles. The number of benzene rings is 2. The van der Waals surface area contributed by atoms with Crippen molar-refractivity contribution >= 4 is 27.6 Å². The number of rotatable bonds is 7. The number of carbonyl (C=O) groups excluding carboxylic acids is 2. The highest BCUT2D eigenvalue weighted by atomic mass is 32.2. The number of carbonyl (C=O) groups is 2. The van der Waals surface area contributed by atoms with Crippen LogP contribution in [0, 0.1) is 5.92 Å². The molecular weight excluding hydrogens is 476 g/mol. The van der Waals surface area contributed by atoms with Crippen molar-refractivity contribution in [3.8, 4) is 0 Å². The molecule has 0 saturated heterocycles. The lowest BCUT2D eigenvalue weighted by Crippen LogP contribution is -2.52. The van der Waals surface area contributed by atoms with E-state index in [0.717, 1.165) is 37.7 Å². The van der Waals surface area contributed by atoms with E-state index < -0.39 is 16.0 Å². The van der Waals surface area contributed by atoms with Crippen LogP contribution in [0.25, 0.3) is 0 Å². The third-order valence-corrected chi connectivity index (χ3v) is 9.18. The zero-order valence-electron chi connectivity index (χ0n) is 21.3. The molecule has 2 aromatic carbocycles. The molecule has 1 heterocycles. The fraction of sp³-hybridized carbons (Fsp3) is 0.500. The van der Waals surface area contributed by atoms with Crippen molar-refractivity contribution in [2.75, 3.05) is 11.4 Å². The Morgan fingerprint density at radius 2 is 1.61 bits per heavy atom. The van der Waals surface area contributed by atoms with Crippen LogP contribution in [0.4, 0.5) is 5.69 Å². The summed E-state index contributed by atoms with van der Waals surface area (Å²) in [5.41, 5.74) is 1.54. The summed E-state index contributed by atoms with van der Waals surface area (Å²) in [5.74, 6) is -0.444. The van der Waals surface area contributed by atoms with E-state index in [-0.39, 0.29) is 47.7 Å². The molecule has 3 unspecified atom stereocenters. The van der Waals surface area contributed by atoms with Gasteiger partial charge in [-0.15, -0.1) is 0 Å². The number of sulfonamides is 1. The Morgan fingerprint density at radius 3 is 2.28 bits per heavy atom. The Bertz CT molecular complexity index is 1180. The smallest absolute Gasteiger partial charge is 0.306 e. The Kier molecular flexibility index (Phi) is 8.03. The van der Waals surface area contributed by atoms with E-state index >= 15 is 0 Å². The lowest BCUT2D eigenvalue weighted by molar-refractivity contribution is -0.145. The summed E-state index contributed by atoms with van der Waals surface area (Å²) < 4.78 is 34.1. The molecule has 36 heavy (non-hydrogen) atoms. The predicted octanol–water partition coefficient (Wildman–Crippen LogP) is 5.08. The van der Waals surface area contributed by atoms with Gasteiger partial charge < -0.3 is 9.64 Å². The Hall–Kier alpha value is -2.87. The van der Waals surface area contributed by atoms with Crippen LogP contribution in [0.15, 0.2) is 59.5 Å². The van der Waals surface area contributed by atoms with E-state index in [9.17, 15) is 18.0 Å². The first kappa shape index (κ1) is 26.2. The lowest BCUT2D eigenvalue weighted by Gasteiger charge is -2.48. The Balaban J connectivity index is 0.00000148. The fourth-order valence-electron chi connectivity index (χ4n) is 5.72. The molecule has 0 radical (unpaired) electrons. The molecular formula is C28H36N2O5S. The number of methoxy groups -OCH3 is 1. The van der Waals surface area contributed by atoms with Gasteiger partial charge in [-0.3, -0.25) is 13.9 Å². The van der Waals surface area contributed by atoms with E-state index in [1.807, 2.05) is 49.1 Å². The maximum atomic E-state index is 13.9. The van der Waals surface area contributed by atoms with Gasteiger partial charge in [-0.1, -0.05) is 56.7 Å². The quantitative estimate of drug-likeness (QED) is 0.484. The third kappa shape index (κ3) is 4.88. The Morgan fingerprint density at radius 1 is 0.944 bits per heavy atom. The number of nitrogens with zero attached hydrogens (tertiary/aromatic N) is 2. The molecule has 0 spiro atoms. The summed E-state index contributed by atoms with van der Waals surface area (Å²) in [4.78, 5) is 27.4. The highest BCUT2D eigenvalue weighted by molar-refractivity contribution is 7.92. The second kappa shape index (κ2) is 11.0. The molecule has 1 aliphatic heterocycles. The average Bonchev–Trinajstić information content (AvgIpc) is 3.64. The maximum absolute atomic E-state index is 13.9. The van der Waals surface area contributed by atoms with Crippen LogP contribution >= 0.6 is 0 Å². The van der Waals surface area contributed by atoms with Crippen molar-refractivity contribution in [3.05, 3.63) is 60.2 Å². The highest BCUT2D eigenvalue weighted by Crippen LogP contribution is 2.53. The van der Waals surface area contributed by atoms with Gasteiger partial charge in [0.15, 0.2) is 0 Å². The molecule has 5 rings (SSSR count). The molecule has 2 aliphatic carbocycles. The summed E-state index contributed by atoms with van der Waals surface area (Å²) >= 11 is 0. The molecule has 0 aromatic heterocycles. The first-order valence-corrected chi connectivity index (χ1v) is 14.4. The molecule has 2 aromatic rings. The van der Waals surface area contributed by atoms with Crippen LogP contribution in [0.5, 0.6) is 0 Å². The van der Waals surface area contributed by atoms with Crippen molar-refractivity contribution in [2.45, 2.75) is 81.8 Å². The van der Waals surface area contributed by atoms with Crippen LogP contribution in [0.2, 0.25) is 0 Å². The zero-order chi connectivity index (χ0) is 25.9. The number of para-hydroxylation sites is 1. The molecule has 3 atom stereocenters. The zero-order valence-corrected chi connectivity index (χ0v) is 22.1. The third-order valence-electron chi connectivity index (χ3n) is 7.33. The molecule has 3 aliphatic rings. The van der Waals surface area contributed by atoms with Gasteiger partial charge >= 0.3 is 5.97 Å². The fourth-order valence-corrected chi connectivity index (χ4v) is 7.50. The van der Waals surface area contributed by atoms with Crippen LogP contribution in [-0.2, 0) is 24.3 Å². The molecule has 0 N–H and O–H groups in total. The normalized spacial score (nSPS) is 22.5. The van der Waals surface area contributed by atoms with E-state index in [1.165, 1.54) is 7.11 Å². The maximum Gasteiger partial charge on any atom is 0.306 e. The molecule has 8 heteroatoms. The summed E-state index contributed by atoms with van der Waals surface area (Å²) in [6, 6.07) is 15.9. The first-order chi connectivity index (χ1) is 17.4. The first-order valence-electron chi connectivity index (χ1n) is 13.0. The number of hydrogen-bond acceptors (Lipinski definition) is 5. The molecule has 2 fully saturated rings. The number of ether oxygens (including phenoxy) is 1. The van der Waals surface area contributed by atoms with Gasteiger partial charge in [-0.05, 0) is 49.4 Å². The predicted molar refractivity (Wildman–Crippen MR) is 139 cm³/mol. The van der Waals surface area contributed by atoms with Crippen LogP contribution in [0.3, 0.4) is 0 Å². The molecule has 7 nitrogen and oxygen atoms in total. The van der Waals surface area contributed by atoms with E-state index in [0.29, 0.717) is 5.69 Å². The van der Waals surface area contributed by atoms with Crippen LogP contribution in [-0.4, -0.2) is 44.4 Å². The number of amides is 1. The van der Waals surface area contributed by atoms with Gasteiger partial charge in [0.2, 0.25) is 5.91 Å². The van der Waals surface area contributed by atoms with Gasteiger partial charge in [0, 0.05) is 18.4 Å². The highest BCUT2D eigenvalue weighted by Gasteiger charge is 2.52. The number of anilines is 1. The van der Waals surface area contributed by atoms with E-state index in [2.05, 4.69) is 0 Å². The molecule has 1 amide bonds. The minimum Gasteiger partial charge on any atom is -0.469 e. The van der Waals surface area contributed by atoms with E-state index in [1.54, 1.807) is 28.6 Å². The van der Waals surface area contributed by atoms with Crippen LogP contribution in [0.1, 0.15) is 70.4 Å². The summed E-state index contributed by atoms with van der Waals surface area (Å²) in [6.45, 7) is 4.00. The van der Waals surface area contributed by atoms with Gasteiger partial charge in [0.1, 0.15) is 0 Å². The lowest BCUT2D eigenvalue weighted by atomic mass is 9.82. The largest absolute Gasteiger partial charge is 0.469 e. The summed E-state index contributed by atoms with van der Waals surface area (Å²) in [5, 5.41) is 0. The Labute approximate surface area is 214 Å². The van der Waals surface area contributed by atoms with Crippen molar-refractivity contribution < 1.29 is 22.7 Å². The second-order valence-corrected chi connectivity index (χ2v) is 11.2. The van der Waals surface area contributed by atoms with Gasteiger partial charge in [-0.25, -0.2) is 8.42 Å². The second-order valence-electron chi connectivity index (χ2n) is 9.39. The van der Waals surface area contributed by atoms with Crippen molar-refractivity contribution in [3.63, 3.8) is 0 Å². The van der Waals surface area contributed by atoms with Crippen molar-refractivity contribution in [1.82, 2.24) is 4.90 Å². The van der Waals surface area contributed by atoms with Crippen molar-refractivity contribution in [1.29, 1.82) is 0 Å².